The molecular weight excluding hydrogens is 212 g/mol. The van der Waals surface area contributed by atoms with Gasteiger partial charge in [-0.25, -0.2) is 0 Å². The van der Waals surface area contributed by atoms with Gasteiger partial charge in [-0.2, -0.15) is 0 Å². The average Bonchev–Trinajstić information content (AvgIpc) is 2.78. The molecule has 0 bridgehead atoms. The van der Waals surface area contributed by atoms with Crippen molar-refractivity contribution in [2.45, 2.75) is 32.6 Å². The van der Waals surface area contributed by atoms with Gasteiger partial charge in [-0.1, -0.05) is 13.3 Å². The van der Waals surface area contributed by atoms with Gasteiger partial charge in [0.2, 0.25) is 0 Å². The lowest BCUT2D eigenvalue weighted by Gasteiger charge is -2.31. The molecule has 100 valence electrons. The van der Waals surface area contributed by atoms with E-state index in [0.717, 1.165) is 38.1 Å². The fourth-order valence-corrected chi connectivity index (χ4v) is 2.71. The van der Waals surface area contributed by atoms with Crippen molar-refractivity contribution in [2.24, 2.45) is 11.8 Å². The summed E-state index contributed by atoms with van der Waals surface area (Å²) in [6.07, 6.45) is 5.63. The van der Waals surface area contributed by atoms with Crippen molar-refractivity contribution in [3.05, 3.63) is 0 Å². The summed E-state index contributed by atoms with van der Waals surface area (Å²) in [5, 5.41) is 3.58. The van der Waals surface area contributed by atoms with Gasteiger partial charge in [-0.3, -0.25) is 0 Å². The molecule has 3 heteroatoms. The van der Waals surface area contributed by atoms with Crippen molar-refractivity contribution in [2.75, 3.05) is 45.9 Å². The van der Waals surface area contributed by atoms with E-state index in [9.17, 15) is 0 Å². The minimum Gasteiger partial charge on any atom is -0.381 e. The summed E-state index contributed by atoms with van der Waals surface area (Å²) in [5.74, 6) is 1.76. The summed E-state index contributed by atoms with van der Waals surface area (Å²) < 4.78 is 5.38. The van der Waals surface area contributed by atoms with Gasteiger partial charge in [0.25, 0.3) is 0 Å². The molecule has 2 aliphatic rings. The SMILES string of the molecule is CCN(CCNCC1CCOC1)CC1CCC1. The molecular formula is C14H28N2O. The molecule has 1 atom stereocenters. The summed E-state index contributed by atoms with van der Waals surface area (Å²) in [5.41, 5.74) is 0. The fourth-order valence-electron chi connectivity index (χ4n) is 2.71. The minimum absolute atomic E-state index is 0.761. The van der Waals surface area contributed by atoms with Crippen LogP contribution in [0.2, 0.25) is 0 Å². The third kappa shape index (κ3) is 4.57. The van der Waals surface area contributed by atoms with Gasteiger partial charge < -0.3 is 15.0 Å². The lowest BCUT2D eigenvalue weighted by atomic mass is 9.85. The Bertz CT molecular complexity index is 200. The van der Waals surface area contributed by atoms with Crippen LogP contribution in [0.1, 0.15) is 32.6 Å². The zero-order valence-electron chi connectivity index (χ0n) is 11.3. The first kappa shape index (κ1) is 13.3. The van der Waals surface area contributed by atoms with Crippen LogP contribution in [0, 0.1) is 11.8 Å². The van der Waals surface area contributed by atoms with Crippen LogP contribution in [0.4, 0.5) is 0 Å². The summed E-state index contributed by atoms with van der Waals surface area (Å²) in [6.45, 7) is 10.2. The van der Waals surface area contributed by atoms with Crippen LogP contribution >= 0.6 is 0 Å². The number of hydrogen-bond donors (Lipinski definition) is 1. The Balaban J connectivity index is 1.49. The molecule has 1 unspecified atom stereocenters. The van der Waals surface area contributed by atoms with E-state index in [-0.39, 0.29) is 0 Å². The largest absolute Gasteiger partial charge is 0.381 e. The third-order valence-electron chi connectivity index (χ3n) is 4.25. The number of ether oxygens (including phenoxy) is 1. The van der Waals surface area contributed by atoms with Crippen molar-refractivity contribution in [1.29, 1.82) is 0 Å². The summed E-state index contributed by atoms with van der Waals surface area (Å²) in [4.78, 5) is 2.60. The van der Waals surface area contributed by atoms with Crippen LogP contribution < -0.4 is 5.32 Å². The topological polar surface area (TPSA) is 24.5 Å². The first-order valence-corrected chi connectivity index (χ1v) is 7.39. The van der Waals surface area contributed by atoms with Crippen molar-refractivity contribution >= 4 is 0 Å². The van der Waals surface area contributed by atoms with Crippen molar-refractivity contribution in [3.8, 4) is 0 Å². The molecule has 0 amide bonds. The van der Waals surface area contributed by atoms with Crippen molar-refractivity contribution in [1.82, 2.24) is 10.2 Å². The molecule has 0 aromatic carbocycles. The van der Waals surface area contributed by atoms with E-state index in [1.807, 2.05) is 0 Å². The highest BCUT2D eigenvalue weighted by Gasteiger charge is 2.20. The fraction of sp³-hybridized carbons (Fsp3) is 1.00. The number of rotatable bonds is 8. The van der Waals surface area contributed by atoms with E-state index in [0.29, 0.717) is 0 Å². The molecule has 0 spiro atoms. The molecule has 0 aromatic heterocycles. The second kappa shape index (κ2) is 7.34. The Labute approximate surface area is 106 Å². The Morgan fingerprint density at radius 2 is 2.12 bits per heavy atom. The van der Waals surface area contributed by atoms with Crippen LogP contribution in [-0.2, 0) is 4.74 Å². The van der Waals surface area contributed by atoms with Gasteiger partial charge in [0, 0.05) is 32.8 Å². The third-order valence-corrected chi connectivity index (χ3v) is 4.25. The average molecular weight is 240 g/mol. The molecule has 0 radical (unpaired) electrons. The second-order valence-electron chi connectivity index (χ2n) is 5.62. The van der Waals surface area contributed by atoms with Crippen LogP contribution in [0.25, 0.3) is 0 Å². The van der Waals surface area contributed by atoms with E-state index in [1.165, 1.54) is 45.3 Å². The summed E-state index contributed by atoms with van der Waals surface area (Å²) >= 11 is 0. The van der Waals surface area contributed by atoms with Crippen molar-refractivity contribution in [3.63, 3.8) is 0 Å². The summed E-state index contributed by atoms with van der Waals surface area (Å²) in [7, 11) is 0. The summed E-state index contributed by atoms with van der Waals surface area (Å²) in [6, 6.07) is 0. The maximum atomic E-state index is 5.38. The Morgan fingerprint density at radius 1 is 1.24 bits per heavy atom. The maximum Gasteiger partial charge on any atom is 0.0507 e. The normalized spacial score (nSPS) is 25.4. The first-order valence-electron chi connectivity index (χ1n) is 7.39. The van der Waals surface area contributed by atoms with E-state index in [1.54, 1.807) is 0 Å². The molecule has 2 fully saturated rings. The molecule has 1 N–H and O–H groups in total. The first-order chi connectivity index (χ1) is 8.38. The zero-order chi connectivity index (χ0) is 11.9. The van der Waals surface area contributed by atoms with Gasteiger partial charge in [-0.15, -0.1) is 0 Å². The molecule has 1 heterocycles. The molecule has 0 aromatic rings. The Kier molecular flexibility index (Phi) is 5.75. The number of nitrogens with one attached hydrogen (secondary N) is 1. The van der Waals surface area contributed by atoms with Gasteiger partial charge in [0.15, 0.2) is 0 Å². The highest BCUT2D eigenvalue weighted by atomic mass is 16.5. The Hall–Kier alpha value is -0.120. The maximum absolute atomic E-state index is 5.38. The van der Waals surface area contributed by atoms with Crippen molar-refractivity contribution < 1.29 is 4.74 Å². The van der Waals surface area contributed by atoms with Gasteiger partial charge >= 0.3 is 0 Å². The van der Waals surface area contributed by atoms with Gasteiger partial charge in [0.05, 0.1) is 6.61 Å². The number of hydrogen-bond acceptors (Lipinski definition) is 3. The molecule has 1 saturated heterocycles. The van der Waals surface area contributed by atoms with Crippen LogP contribution in [0.15, 0.2) is 0 Å². The molecule has 2 rings (SSSR count). The number of nitrogens with zero attached hydrogens (tertiary/aromatic N) is 1. The highest BCUT2D eigenvalue weighted by molar-refractivity contribution is 4.74. The van der Waals surface area contributed by atoms with Crippen LogP contribution in [0.3, 0.4) is 0 Å². The van der Waals surface area contributed by atoms with E-state index in [2.05, 4.69) is 17.1 Å². The van der Waals surface area contributed by atoms with E-state index < -0.39 is 0 Å². The zero-order valence-corrected chi connectivity index (χ0v) is 11.3. The number of likely N-dealkylation sites (N-methyl/N-ethyl adjacent to an activating group) is 1. The van der Waals surface area contributed by atoms with Crippen LogP contribution in [-0.4, -0.2) is 50.8 Å². The monoisotopic (exact) mass is 240 g/mol. The molecule has 1 aliphatic heterocycles. The second-order valence-corrected chi connectivity index (χ2v) is 5.62. The smallest absolute Gasteiger partial charge is 0.0507 e. The van der Waals surface area contributed by atoms with E-state index in [4.69, 9.17) is 4.74 Å². The van der Waals surface area contributed by atoms with Crippen LogP contribution in [0.5, 0.6) is 0 Å². The molecule has 3 nitrogen and oxygen atoms in total. The lowest BCUT2D eigenvalue weighted by molar-refractivity contribution is 0.179. The molecule has 17 heavy (non-hydrogen) atoms. The van der Waals surface area contributed by atoms with Gasteiger partial charge in [0.1, 0.15) is 0 Å². The minimum atomic E-state index is 0.761. The van der Waals surface area contributed by atoms with Gasteiger partial charge in [-0.05, 0) is 37.6 Å². The quantitative estimate of drug-likeness (QED) is 0.654. The lowest BCUT2D eigenvalue weighted by Crippen LogP contribution is -2.38. The standard InChI is InChI=1S/C14H28N2O/c1-2-16(11-13-4-3-5-13)8-7-15-10-14-6-9-17-12-14/h13-15H,2-12H2,1H3. The highest BCUT2D eigenvalue weighted by Crippen LogP contribution is 2.26. The predicted molar refractivity (Wildman–Crippen MR) is 71.3 cm³/mol. The molecule has 1 aliphatic carbocycles. The molecule has 1 saturated carbocycles. The predicted octanol–water partition coefficient (Wildman–Crippen LogP) is 1.73. The Morgan fingerprint density at radius 3 is 2.71 bits per heavy atom. The van der Waals surface area contributed by atoms with E-state index >= 15 is 0 Å².